The predicted molar refractivity (Wildman–Crippen MR) is 95.6 cm³/mol. The van der Waals surface area contributed by atoms with Crippen molar-refractivity contribution in [3.8, 4) is 0 Å². The van der Waals surface area contributed by atoms with Crippen molar-refractivity contribution in [1.82, 2.24) is 9.97 Å². The van der Waals surface area contributed by atoms with Crippen LogP contribution in [0.15, 0.2) is 72.8 Å². The molecular formula is C21H18N2. The summed E-state index contributed by atoms with van der Waals surface area (Å²) in [5, 5.41) is 2.36. The first-order valence-electron chi connectivity index (χ1n) is 8.06. The smallest absolute Gasteiger partial charge is 0.0705 e. The Bertz CT molecular complexity index is 896. The first-order valence-corrected chi connectivity index (χ1v) is 8.06. The van der Waals surface area contributed by atoms with Gasteiger partial charge in [0.2, 0.25) is 0 Å². The summed E-state index contributed by atoms with van der Waals surface area (Å²) in [6.07, 6.45) is 0.983. The summed E-state index contributed by atoms with van der Waals surface area (Å²) in [5.41, 5.74) is 4.27. The molecule has 0 bridgehead atoms. The van der Waals surface area contributed by atoms with E-state index in [0.717, 1.165) is 28.8 Å². The van der Waals surface area contributed by atoms with Gasteiger partial charge in [0, 0.05) is 16.7 Å². The summed E-state index contributed by atoms with van der Waals surface area (Å²) >= 11 is 0. The molecule has 0 saturated heterocycles. The third kappa shape index (κ3) is 2.57. The Hall–Kier alpha value is -2.74. The highest BCUT2D eigenvalue weighted by Crippen LogP contribution is 2.28. The van der Waals surface area contributed by atoms with Gasteiger partial charge >= 0.3 is 0 Å². The van der Waals surface area contributed by atoms with Crippen LogP contribution in [0.1, 0.15) is 30.7 Å². The van der Waals surface area contributed by atoms with Crippen molar-refractivity contribution in [2.75, 3.05) is 0 Å². The largest absolute Gasteiger partial charge is 0.252 e. The summed E-state index contributed by atoms with van der Waals surface area (Å²) in [6, 6.07) is 25.1. The lowest BCUT2D eigenvalue weighted by Gasteiger charge is -2.15. The first-order chi connectivity index (χ1) is 11.3. The molecule has 0 unspecified atom stereocenters. The van der Waals surface area contributed by atoms with Gasteiger partial charge < -0.3 is 0 Å². The maximum Gasteiger partial charge on any atom is 0.0705 e. The minimum absolute atomic E-state index is 0.226. The zero-order valence-corrected chi connectivity index (χ0v) is 13.1. The molecule has 0 spiro atoms. The molecule has 23 heavy (non-hydrogen) atoms. The van der Waals surface area contributed by atoms with Crippen molar-refractivity contribution in [1.29, 1.82) is 0 Å². The fraction of sp³-hybridized carbons (Fsp3) is 0.143. The quantitative estimate of drug-likeness (QED) is 0.511. The molecule has 0 atom stereocenters. The Morgan fingerprint density at radius 1 is 0.652 bits per heavy atom. The fourth-order valence-electron chi connectivity index (χ4n) is 3.12. The Morgan fingerprint density at radius 3 is 1.61 bits per heavy atom. The molecule has 112 valence electrons. The molecule has 2 heterocycles. The topological polar surface area (TPSA) is 25.8 Å². The van der Waals surface area contributed by atoms with E-state index in [2.05, 4.69) is 55.5 Å². The van der Waals surface area contributed by atoms with Gasteiger partial charge in [0.25, 0.3) is 0 Å². The number of para-hydroxylation sites is 2. The molecule has 0 radical (unpaired) electrons. The maximum absolute atomic E-state index is 4.86. The Labute approximate surface area is 135 Å². The lowest BCUT2D eigenvalue weighted by Crippen LogP contribution is -2.05. The van der Waals surface area contributed by atoms with E-state index in [0.29, 0.717) is 0 Å². The van der Waals surface area contributed by atoms with E-state index < -0.39 is 0 Å². The average Bonchev–Trinajstić information content (AvgIpc) is 2.62. The molecule has 0 N–H and O–H groups in total. The second-order valence-electron chi connectivity index (χ2n) is 5.82. The van der Waals surface area contributed by atoms with Gasteiger partial charge in [0.1, 0.15) is 0 Å². The van der Waals surface area contributed by atoms with Crippen LogP contribution in [0.2, 0.25) is 0 Å². The molecule has 2 aromatic heterocycles. The average molecular weight is 298 g/mol. The van der Waals surface area contributed by atoms with Gasteiger partial charge in [-0.25, -0.2) is 0 Å². The molecule has 4 aromatic rings. The van der Waals surface area contributed by atoms with Crippen LogP contribution in [0.4, 0.5) is 0 Å². The van der Waals surface area contributed by atoms with Crippen molar-refractivity contribution in [2.24, 2.45) is 0 Å². The Kier molecular flexibility index (Phi) is 3.51. The van der Waals surface area contributed by atoms with Crippen LogP contribution in [0, 0.1) is 0 Å². The molecule has 0 fully saturated rings. The van der Waals surface area contributed by atoms with E-state index in [-0.39, 0.29) is 5.92 Å². The monoisotopic (exact) mass is 298 g/mol. The van der Waals surface area contributed by atoms with E-state index >= 15 is 0 Å². The third-order valence-electron chi connectivity index (χ3n) is 4.36. The van der Waals surface area contributed by atoms with E-state index in [1.54, 1.807) is 0 Å². The molecule has 4 rings (SSSR count). The molecule has 2 heteroatoms. The highest BCUT2D eigenvalue weighted by molar-refractivity contribution is 5.79. The van der Waals surface area contributed by atoms with Gasteiger partial charge in [-0.1, -0.05) is 55.5 Å². The summed E-state index contributed by atoms with van der Waals surface area (Å²) in [4.78, 5) is 9.73. The molecule has 0 aliphatic rings. The molecule has 0 aliphatic carbocycles. The van der Waals surface area contributed by atoms with E-state index in [9.17, 15) is 0 Å². The zero-order valence-electron chi connectivity index (χ0n) is 13.1. The van der Waals surface area contributed by atoms with Gasteiger partial charge in [-0.05, 0) is 30.7 Å². The lowest BCUT2D eigenvalue weighted by atomic mass is 9.96. The van der Waals surface area contributed by atoms with Crippen molar-refractivity contribution in [2.45, 2.75) is 19.3 Å². The second-order valence-corrected chi connectivity index (χ2v) is 5.82. The van der Waals surface area contributed by atoms with Crippen molar-refractivity contribution < 1.29 is 0 Å². The van der Waals surface area contributed by atoms with Crippen molar-refractivity contribution >= 4 is 21.8 Å². The molecule has 2 nitrogen and oxygen atoms in total. The molecular weight excluding hydrogens is 280 g/mol. The first kappa shape index (κ1) is 13.9. The Morgan fingerprint density at radius 2 is 1.13 bits per heavy atom. The fourth-order valence-corrected chi connectivity index (χ4v) is 3.12. The number of hydrogen-bond acceptors (Lipinski definition) is 2. The summed E-state index contributed by atoms with van der Waals surface area (Å²) in [7, 11) is 0. The predicted octanol–water partition coefficient (Wildman–Crippen LogP) is 5.32. The molecule has 0 saturated carbocycles. The SMILES string of the molecule is CCC(c1ccc2ccccc2n1)c1ccc2ccccc2n1. The maximum atomic E-state index is 4.86. The standard InChI is InChI=1S/C21H18N2/c1-2-17(20-13-11-15-7-3-5-9-18(15)22-20)21-14-12-16-8-4-6-10-19(16)23-21/h3-14,17H,2H2,1H3. The van der Waals surface area contributed by atoms with Gasteiger partial charge in [-0.3, -0.25) is 9.97 Å². The van der Waals surface area contributed by atoms with E-state index in [1.807, 2.05) is 24.3 Å². The number of nitrogens with zero attached hydrogens (tertiary/aromatic N) is 2. The van der Waals surface area contributed by atoms with Crippen LogP contribution in [0.25, 0.3) is 21.8 Å². The van der Waals surface area contributed by atoms with Gasteiger partial charge in [0.15, 0.2) is 0 Å². The number of rotatable bonds is 3. The number of aromatic nitrogens is 2. The van der Waals surface area contributed by atoms with Crippen LogP contribution in [0.3, 0.4) is 0 Å². The van der Waals surface area contributed by atoms with Crippen LogP contribution in [0.5, 0.6) is 0 Å². The summed E-state index contributed by atoms with van der Waals surface area (Å²) < 4.78 is 0. The van der Waals surface area contributed by atoms with Crippen molar-refractivity contribution in [3.63, 3.8) is 0 Å². The second kappa shape index (κ2) is 5.81. The molecule has 0 aliphatic heterocycles. The normalized spacial score (nSPS) is 11.4. The summed E-state index contributed by atoms with van der Waals surface area (Å²) in [6.45, 7) is 2.19. The zero-order chi connectivity index (χ0) is 15.6. The van der Waals surface area contributed by atoms with Gasteiger partial charge in [-0.15, -0.1) is 0 Å². The number of benzene rings is 2. The van der Waals surface area contributed by atoms with Gasteiger partial charge in [-0.2, -0.15) is 0 Å². The minimum atomic E-state index is 0.226. The van der Waals surface area contributed by atoms with Crippen LogP contribution in [-0.2, 0) is 0 Å². The minimum Gasteiger partial charge on any atom is -0.252 e. The summed E-state index contributed by atoms with van der Waals surface area (Å²) in [5.74, 6) is 0.226. The third-order valence-corrected chi connectivity index (χ3v) is 4.36. The van der Waals surface area contributed by atoms with Crippen molar-refractivity contribution in [3.05, 3.63) is 84.2 Å². The van der Waals surface area contributed by atoms with Gasteiger partial charge in [0.05, 0.1) is 22.4 Å². The molecule has 0 amide bonds. The van der Waals surface area contributed by atoms with E-state index in [4.69, 9.17) is 9.97 Å². The van der Waals surface area contributed by atoms with Crippen LogP contribution < -0.4 is 0 Å². The molecule has 2 aromatic carbocycles. The van der Waals surface area contributed by atoms with Crippen LogP contribution >= 0.6 is 0 Å². The number of pyridine rings is 2. The van der Waals surface area contributed by atoms with Crippen LogP contribution in [-0.4, -0.2) is 9.97 Å². The van der Waals surface area contributed by atoms with E-state index in [1.165, 1.54) is 10.8 Å². The highest BCUT2D eigenvalue weighted by atomic mass is 14.8. The number of hydrogen-bond donors (Lipinski definition) is 0. The highest BCUT2D eigenvalue weighted by Gasteiger charge is 2.16. The Balaban J connectivity index is 1.81. The number of fused-ring (bicyclic) bond motifs is 2. The lowest BCUT2D eigenvalue weighted by molar-refractivity contribution is 0.732.